The lowest BCUT2D eigenvalue weighted by atomic mass is 10.1. The van der Waals surface area contributed by atoms with Crippen molar-refractivity contribution in [1.82, 2.24) is 0 Å². The SMILES string of the molecule is NCC(N)c1c(F)cccc1Br. The van der Waals surface area contributed by atoms with Gasteiger partial charge in [-0.05, 0) is 12.1 Å². The molecule has 4 heteroatoms. The van der Waals surface area contributed by atoms with E-state index in [0.29, 0.717) is 10.0 Å². The van der Waals surface area contributed by atoms with Gasteiger partial charge in [-0.3, -0.25) is 0 Å². The number of rotatable bonds is 2. The highest BCUT2D eigenvalue weighted by molar-refractivity contribution is 9.10. The summed E-state index contributed by atoms with van der Waals surface area (Å²) in [6.45, 7) is 0.236. The number of hydrogen-bond acceptors (Lipinski definition) is 2. The van der Waals surface area contributed by atoms with Crippen LogP contribution in [0, 0.1) is 5.82 Å². The molecule has 0 aliphatic rings. The zero-order valence-electron chi connectivity index (χ0n) is 6.43. The third-order valence-electron chi connectivity index (χ3n) is 1.62. The van der Waals surface area contributed by atoms with Crippen LogP contribution >= 0.6 is 15.9 Å². The molecule has 1 rings (SSSR count). The lowest BCUT2D eigenvalue weighted by Gasteiger charge is -2.11. The first-order valence-electron chi connectivity index (χ1n) is 3.56. The van der Waals surface area contributed by atoms with Crippen LogP contribution in [0.25, 0.3) is 0 Å². The lowest BCUT2D eigenvalue weighted by Crippen LogP contribution is -2.22. The van der Waals surface area contributed by atoms with E-state index in [9.17, 15) is 4.39 Å². The predicted molar refractivity (Wildman–Crippen MR) is 50.1 cm³/mol. The zero-order chi connectivity index (χ0) is 9.14. The minimum absolute atomic E-state index is 0.236. The molecule has 0 fully saturated rings. The molecule has 4 N–H and O–H groups in total. The summed E-state index contributed by atoms with van der Waals surface area (Å²) in [5, 5.41) is 0. The molecule has 12 heavy (non-hydrogen) atoms. The highest BCUT2D eigenvalue weighted by Gasteiger charge is 2.12. The second-order valence-electron chi connectivity index (χ2n) is 2.48. The second kappa shape index (κ2) is 3.98. The van der Waals surface area contributed by atoms with Crippen LogP contribution in [0.5, 0.6) is 0 Å². The number of halogens is 2. The molecule has 0 amide bonds. The fourth-order valence-electron chi connectivity index (χ4n) is 0.983. The van der Waals surface area contributed by atoms with Crippen molar-refractivity contribution in [2.75, 3.05) is 6.54 Å². The van der Waals surface area contributed by atoms with E-state index < -0.39 is 6.04 Å². The molecule has 1 atom stereocenters. The standard InChI is InChI=1S/C8H10BrFN2/c9-5-2-1-3-6(10)8(5)7(12)4-11/h1-3,7H,4,11-12H2. The van der Waals surface area contributed by atoms with Gasteiger partial charge in [-0.1, -0.05) is 22.0 Å². The highest BCUT2D eigenvalue weighted by Crippen LogP contribution is 2.23. The lowest BCUT2D eigenvalue weighted by molar-refractivity contribution is 0.582. The maximum absolute atomic E-state index is 13.1. The molecule has 0 aliphatic heterocycles. The summed E-state index contributed by atoms with van der Waals surface area (Å²) in [5.74, 6) is -0.317. The van der Waals surface area contributed by atoms with Crippen molar-refractivity contribution in [3.05, 3.63) is 34.1 Å². The Morgan fingerprint density at radius 3 is 2.67 bits per heavy atom. The van der Waals surface area contributed by atoms with Gasteiger partial charge < -0.3 is 11.5 Å². The van der Waals surface area contributed by atoms with E-state index in [0.717, 1.165) is 0 Å². The predicted octanol–water partition coefficient (Wildman–Crippen LogP) is 1.55. The first-order valence-corrected chi connectivity index (χ1v) is 4.35. The van der Waals surface area contributed by atoms with Crippen LogP contribution < -0.4 is 11.5 Å². The third kappa shape index (κ3) is 1.83. The summed E-state index contributed by atoms with van der Waals surface area (Å²) < 4.78 is 13.8. The minimum atomic E-state index is -0.444. The second-order valence-corrected chi connectivity index (χ2v) is 3.33. The molecule has 0 radical (unpaired) electrons. The van der Waals surface area contributed by atoms with E-state index in [1.165, 1.54) is 6.07 Å². The Morgan fingerprint density at radius 2 is 2.17 bits per heavy atom. The van der Waals surface area contributed by atoms with Gasteiger partial charge in [-0.2, -0.15) is 0 Å². The van der Waals surface area contributed by atoms with Gasteiger partial charge in [0.15, 0.2) is 0 Å². The van der Waals surface area contributed by atoms with E-state index in [4.69, 9.17) is 11.5 Å². The van der Waals surface area contributed by atoms with Crippen molar-refractivity contribution in [1.29, 1.82) is 0 Å². The van der Waals surface area contributed by atoms with Gasteiger partial charge in [0.1, 0.15) is 5.82 Å². The number of hydrogen-bond donors (Lipinski definition) is 2. The van der Waals surface area contributed by atoms with Crippen molar-refractivity contribution in [2.24, 2.45) is 11.5 Å². The van der Waals surface area contributed by atoms with Crippen LogP contribution in [0.4, 0.5) is 4.39 Å². The largest absolute Gasteiger partial charge is 0.329 e. The minimum Gasteiger partial charge on any atom is -0.329 e. The van der Waals surface area contributed by atoms with Crippen LogP contribution in [-0.4, -0.2) is 6.54 Å². The van der Waals surface area contributed by atoms with Crippen molar-refractivity contribution in [2.45, 2.75) is 6.04 Å². The van der Waals surface area contributed by atoms with Crippen LogP contribution in [-0.2, 0) is 0 Å². The summed E-state index contributed by atoms with van der Waals surface area (Å²) in [6.07, 6.45) is 0. The number of benzene rings is 1. The summed E-state index contributed by atoms with van der Waals surface area (Å²) in [5.41, 5.74) is 11.4. The summed E-state index contributed by atoms with van der Waals surface area (Å²) in [6, 6.07) is 4.29. The van der Waals surface area contributed by atoms with E-state index in [2.05, 4.69) is 15.9 Å². The third-order valence-corrected chi connectivity index (χ3v) is 2.32. The zero-order valence-corrected chi connectivity index (χ0v) is 8.01. The molecule has 0 saturated heterocycles. The van der Waals surface area contributed by atoms with Crippen LogP contribution in [0.3, 0.4) is 0 Å². The molecule has 1 unspecified atom stereocenters. The van der Waals surface area contributed by atoms with Gasteiger partial charge in [-0.15, -0.1) is 0 Å². The molecule has 0 bridgehead atoms. The van der Waals surface area contributed by atoms with Crippen LogP contribution in [0.1, 0.15) is 11.6 Å². The molecule has 0 aromatic heterocycles. The average molecular weight is 233 g/mol. The highest BCUT2D eigenvalue weighted by atomic mass is 79.9. The first-order chi connectivity index (χ1) is 5.66. The van der Waals surface area contributed by atoms with Crippen LogP contribution in [0.2, 0.25) is 0 Å². The summed E-state index contributed by atoms with van der Waals surface area (Å²) in [7, 11) is 0. The van der Waals surface area contributed by atoms with Gasteiger partial charge in [0.2, 0.25) is 0 Å². The van der Waals surface area contributed by atoms with Crippen LogP contribution in [0.15, 0.2) is 22.7 Å². The molecule has 1 aromatic rings. The molecule has 1 aromatic carbocycles. The Kier molecular flexibility index (Phi) is 3.20. The fourth-order valence-corrected chi connectivity index (χ4v) is 1.62. The molecule has 0 spiro atoms. The van der Waals surface area contributed by atoms with Crippen molar-refractivity contribution >= 4 is 15.9 Å². The molecular weight excluding hydrogens is 223 g/mol. The Morgan fingerprint density at radius 1 is 1.50 bits per heavy atom. The Balaban J connectivity index is 3.12. The Bertz CT molecular complexity index is 258. The van der Waals surface area contributed by atoms with Gasteiger partial charge >= 0.3 is 0 Å². The van der Waals surface area contributed by atoms with Crippen molar-refractivity contribution in [3.63, 3.8) is 0 Å². The average Bonchev–Trinajstić information content (AvgIpc) is 2.03. The topological polar surface area (TPSA) is 52.0 Å². The van der Waals surface area contributed by atoms with E-state index in [-0.39, 0.29) is 12.4 Å². The van der Waals surface area contributed by atoms with Crippen molar-refractivity contribution < 1.29 is 4.39 Å². The van der Waals surface area contributed by atoms with Gasteiger partial charge in [0, 0.05) is 22.6 Å². The normalized spacial score (nSPS) is 13.0. The first kappa shape index (κ1) is 9.64. The monoisotopic (exact) mass is 232 g/mol. The Hall–Kier alpha value is -0.450. The molecule has 66 valence electrons. The molecule has 2 nitrogen and oxygen atoms in total. The maximum Gasteiger partial charge on any atom is 0.129 e. The van der Waals surface area contributed by atoms with Crippen molar-refractivity contribution in [3.8, 4) is 0 Å². The molecule has 0 heterocycles. The smallest absolute Gasteiger partial charge is 0.129 e. The summed E-state index contributed by atoms with van der Waals surface area (Å²) >= 11 is 3.21. The van der Waals surface area contributed by atoms with E-state index in [1.54, 1.807) is 12.1 Å². The van der Waals surface area contributed by atoms with Gasteiger partial charge in [-0.25, -0.2) is 4.39 Å². The van der Waals surface area contributed by atoms with Gasteiger partial charge in [0.05, 0.1) is 0 Å². The van der Waals surface area contributed by atoms with Gasteiger partial charge in [0.25, 0.3) is 0 Å². The fraction of sp³-hybridized carbons (Fsp3) is 0.250. The molecule has 0 saturated carbocycles. The molecular formula is C8H10BrFN2. The number of nitrogens with two attached hydrogens (primary N) is 2. The van der Waals surface area contributed by atoms with E-state index >= 15 is 0 Å². The quantitative estimate of drug-likeness (QED) is 0.814. The Labute approximate surface area is 78.9 Å². The van der Waals surface area contributed by atoms with E-state index in [1.807, 2.05) is 0 Å². The molecule has 0 aliphatic carbocycles. The summed E-state index contributed by atoms with van der Waals surface area (Å²) in [4.78, 5) is 0. The maximum atomic E-state index is 13.1.